The molecule has 0 atom stereocenters. The second kappa shape index (κ2) is 10.5. The summed E-state index contributed by atoms with van der Waals surface area (Å²) in [6, 6.07) is 19.8. The number of ether oxygens (including phenoxy) is 1. The van der Waals surface area contributed by atoms with Crippen molar-refractivity contribution in [3.05, 3.63) is 66.2 Å². The first-order chi connectivity index (χ1) is 13.7. The molecule has 0 aliphatic carbocycles. The summed E-state index contributed by atoms with van der Waals surface area (Å²) in [6.07, 6.45) is 2.65. The first kappa shape index (κ1) is 19.9. The standard InChI is InChI=1S/C23H28N2O3/c26-22(13-7-10-20-8-3-1-4-9-20)24-15-14-23(27)25(17-16-24)18-19-28-21-11-5-2-6-12-21/h1-6,8-9,11-12H,7,10,13-19H2. The summed E-state index contributed by atoms with van der Waals surface area (Å²) < 4.78 is 5.69. The van der Waals surface area contributed by atoms with Gasteiger partial charge in [0.2, 0.25) is 11.8 Å². The van der Waals surface area contributed by atoms with Gasteiger partial charge in [0.25, 0.3) is 0 Å². The molecule has 1 fully saturated rings. The Hall–Kier alpha value is -2.82. The minimum absolute atomic E-state index is 0.0937. The zero-order chi connectivity index (χ0) is 19.6. The molecule has 0 radical (unpaired) electrons. The van der Waals surface area contributed by atoms with Crippen LogP contribution in [-0.2, 0) is 16.0 Å². The van der Waals surface area contributed by atoms with Crippen molar-refractivity contribution in [1.29, 1.82) is 0 Å². The summed E-state index contributed by atoms with van der Waals surface area (Å²) in [5, 5.41) is 0. The van der Waals surface area contributed by atoms with E-state index in [-0.39, 0.29) is 11.8 Å². The largest absolute Gasteiger partial charge is 0.492 e. The van der Waals surface area contributed by atoms with Crippen LogP contribution in [0.3, 0.4) is 0 Å². The van der Waals surface area contributed by atoms with Gasteiger partial charge in [0.1, 0.15) is 12.4 Å². The van der Waals surface area contributed by atoms with Gasteiger partial charge in [0.05, 0.1) is 6.54 Å². The minimum atomic E-state index is 0.0937. The van der Waals surface area contributed by atoms with Crippen LogP contribution in [0.5, 0.6) is 5.75 Å². The van der Waals surface area contributed by atoms with Gasteiger partial charge in [0, 0.05) is 32.5 Å². The van der Waals surface area contributed by atoms with Crippen LogP contribution in [0.4, 0.5) is 0 Å². The average Bonchev–Trinajstić information content (AvgIpc) is 2.91. The fourth-order valence-corrected chi connectivity index (χ4v) is 3.39. The number of aryl methyl sites for hydroxylation is 1. The third kappa shape index (κ3) is 6.12. The normalized spacial score (nSPS) is 14.6. The average molecular weight is 380 g/mol. The molecule has 28 heavy (non-hydrogen) atoms. The highest BCUT2D eigenvalue weighted by Crippen LogP contribution is 2.11. The maximum absolute atomic E-state index is 12.5. The number of carbonyl (C=O) groups is 2. The Bertz CT molecular complexity index is 749. The highest BCUT2D eigenvalue weighted by Gasteiger charge is 2.23. The first-order valence-corrected chi connectivity index (χ1v) is 10.00. The Morgan fingerprint density at radius 3 is 2.39 bits per heavy atom. The maximum atomic E-state index is 12.5. The number of nitrogens with zero attached hydrogens (tertiary/aromatic N) is 2. The van der Waals surface area contributed by atoms with E-state index >= 15 is 0 Å². The molecule has 0 N–H and O–H groups in total. The summed E-state index contributed by atoms with van der Waals surface area (Å²) in [5.74, 6) is 1.04. The van der Waals surface area contributed by atoms with Gasteiger partial charge in [-0.15, -0.1) is 0 Å². The molecule has 0 unspecified atom stereocenters. The lowest BCUT2D eigenvalue weighted by molar-refractivity contribution is -0.131. The SMILES string of the molecule is O=C1CCN(C(=O)CCCc2ccccc2)CCN1CCOc1ccccc1. The Morgan fingerprint density at radius 2 is 1.64 bits per heavy atom. The zero-order valence-electron chi connectivity index (χ0n) is 16.3. The van der Waals surface area contributed by atoms with Crippen molar-refractivity contribution < 1.29 is 14.3 Å². The van der Waals surface area contributed by atoms with Crippen LogP contribution in [0, 0.1) is 0 Å². The molecule has 2 amide bonds. The second-order valence-corrected chi connectivity index (χ2v) is 7.01. The molecule has 2 aromatic rings. The third-order valence-electron chi connectivity index (χ3n) is 5.01. The summed E-state index contributed by atoms with van der Waals surface area (Å²) in [4.78, 5) is 28.5. The van der Waals surface area contributed by atoms with Crippen molar-refractivity contribution in [2.75, 3.05) is 32.8 Å². The molecule has 3 rings (SSSR count). The van der Waals surface area contributed by atoms with E-state index in [9.17, 15) is 9.59 Å². The summed E-state index contributed by atoms with van der Waals surface area (Å²) in [6.45, 7) is 2.69. The highest BCUT2D eigenvalue weighted by molar-refractivity contribution is 5.80. The lowest BCUT2D eigenvalue weighted by atomic mass is 10.1. The van der Waals surface area contributed by atoms with Gasteiger partial charge in [-0.2, -0.15) is 0 Å². The quantitative estimate of drug-likeness (QED) is 0.707. The molecule has 0 saturated carbocycles. The van der Waals surface area contributed by atoms with E-state index in [1.807, 2.05) is 53.4 Å². The number of hydrogen-bond donors (Lipinski definition) is 0. The van der Waals surface area contributed by atoms with Crippen LogP contribution in [0.1, 0.15) is 24.8 Å². The van der Waals surface area contributed by atoms with Crippen molar-refractivity contribution in [3.8, 4) is 5.75 Å². The number of amides is 2. The fraction of sp³-hybridized carbons (Fsp3) is 0.391. The van der Waals surface area contributed by atoms with Crippen molar-refractivity contribution in [2.45, 2.75) is 25.7 Å². The van der Waals surface area contributed by atoms with Crippen LogP contribution in [0.15, 0.2) is 60.7 Å². The predicted octanol–water partition coefficient (Wildman–Crippen LogP) is 3.15. The number of para-hydroxylation sites is 1. The van der Waals surface area contributed by atoms with E-state index in [0.717, 1.165) is 18.6 Å². The third-order valence-corrected chi connectivity index (χ3v) is 5.01. The molecule has 0 aromatic heterocycles. The molecule has 1 aliphatic heterocycles. The van der Waals surface area contributed by atoms with E-state index in [0.29, 0.717) is 45.6 Å². The molecule has 5 nitrogen and oxygen atoms in total. The maximum Gasteiger partial charge on any atom is 0.224 e. The topological polar surface area (TPSA) is 49.9 Å². The number of rotatable bonds is 8. The Balaban J connectivity index is 1.40. The van der Waals surface area contributed by atoms with Crippen molar-refractivity contribution >= 4 is 11.8 Å². The van der Waals surface area contributed by atoms with Crippen LogP contribution < -0.4 is 4.74 Å². The van der Waals surface area contributed by atoms with Gasteiger partial charge in [-0.05, 0) is 30.5 Å². The predicted molar refractivity (Wildman–Crippen MR) is 109 cm³/mol. The van der Waals surface area contributed by atoms with Gasteiger partial charge in [0.15, 0.2) is 0 Å². The van der Waals surface area contributed by atoms with E-state index in [4.69, 9.17) is 4.74 Å². The van der Waals surface area contributed by atoms with Crippen molar-refractivity contribution in [1.82, 2.24) is 9.80 Å². The van der Waals surface area contributed by atoms with E-state index in [2.05, 4.69) is 12.1 Å². The van der Waals surface area contributed by atoms with Crippen molar-refractivity contribution in [2.24, 2.45) is 0 Å². The number of hydrogen-bond acceptors (Lipinski definition) is 3. The monoisotopic (exact) mass is 380 g/mol. The molecule has 0 spiro atoms. The van der Waals surface area contributed by atoms with Crippen LogP contribution in [0.2, 0.25) is 0 Å². The fourth-order valence-electron chi connectivity index (χ4n) is 3.39. The first-order valence-electron chi connectivity index (χ1n) is 10.00. The molecular weight excluding hydrogens is 352 g/mol. The van der Waals surface area contributed by atoms with Gasteiger partial charge in [-0.1, -0.05) is 48.5 Å². The Kier molecular flexibility index (Phi) is 7.47. The Labute approximate surface area is 166 Å². The van der Waals surface area contributed by atoms with E-state index in [1.165, 1.54) is 5.56 Å². The zero-order valence-corrected chi connectivity index (χ0v) is 16.3. The second-order valence-electron chi connectivity index (χ2n) is 7.01. The van der Waals surface area contributed by atoms with Crippen LogP contribution in [-0.4, -0.2) is 54.4 Å². The van der Waals surface area contributed by atoms with Crippen molar-refractivity contribution in [3.63, 3.8) is 0 Å². The lowest BCUT2D eigenvalue weighted by Crippen LogP contribution is -2.37. The summed E-state index contributed by atoms with van der Waals surface area (Å²) >= 11 is 0. The molecular formula is C23H28N2O3. The summed E-state index contributed by atoms with van der Waals surface area (Å²) in [5.41, 5.74) is 1.26. The number of benzene rings is 2. The van der Waals surface area contributed by atoms with Gasteiger partial charge < -0.3 is 14.5 Å². The van der Waals surface area contributed by atoms with Crippen LogP contribution >= 0.6 is 0 Å². The number of carbonyl (C=O) groups excluding carboxylic acids is 2. The van der Waals surface area contributed by atoms with Gasteiger partial charge >= 0.3 is 0 Å². The van der Waals surface area contributed by atoms with Gasteiger partial charge in [-0.3, -0.25) is 9.59 Å². The Morgan fingerprint density at radius 1 is 0.929 bits per heavy atom. The van der Waals surface area contributed by atoms with Gasteiger partial charge in [-0.25, -0.2) is 0 Å². The molecule has 2 aromatic carbocycles. The molecule has 1 heterocycles. The molecule has 1 saturated heterocycles. The summed E-state index contributed by atoms with van der Waals surface area (Å²) in [7, 11) is 0. The minimum Gasteiger partial charge on any atom is -0.492 e. The smallest absolute Gasteiger partial charge is 0.224 e. The van der Waals surface area contributed by atoms with E-state index < -0.39 is 0 Å². The van der Waals surface area contributed by atoms with Crippen LogP contribution in [0.25, 0.3) is 0 Å². The lowest BCUT2D eigenvalue weighted by Gasteiger charge is -2.22. The molecule has 5 heteroatoms. The highest BCUT2D eigenvalue weighted by atomic mass is 16.5. The molecule has 1 aliphatic rings. The molecule has 148 valence electrons. The molecule has 0 bridgehead atoms. The van der Waals surface area contributed by atoms with E-state index in [1.54, 1.807) is 4.90 Å².